The van der Waals surface area contributed by atoms with E-state index in [1.807, 2.05) is 12.1 Å². The van der Waals surface area contributed by atoms with Crippen molar-refractivity contribution in [2.45, 2.75) is 63.7 Å². The molecule has 2 aliphatic heterocycles. The highest BCUT2D eigenvalue weighted by atomic mass is 16.2. The van der Waals surface area contributed by atoms with Crippen molar-refractivity contribution in [3.05, 3.63) is 75.6 Å². The Bertz CT molecular complexity index is 1340. The number of aryl methyl sites for hydroxylation is 1. The molecule has 5 nitrogen and oxygen atoms in total. The number of benzene rings is 2. The highest BCUT2D eigenvalue weighted by Crippen LogP contribution is 2.42. The number of fused-ring (bicyclic) bond motifs is 1. The summed E-state index contributed by atoms with van der Waals surface area (Å²) >= 11 is 0. The van der Waals surface area contributed by atoms with Crippen LogP contribution in [0.15, 0.2) is 36.4 Å². The topological polar surface area (TPSA) is 52.2 Å². The summed E-state index contributed by atoms with van der Waals surface area (Å²) in [5, 5.41) is 0. The van der Waals surface area contributed by atoms with Gasteiger partial charge in [-0.1, -0.05) is 30.5 Å². The van der Waals surface area contributed by atoms with E-state index in [2.05, 4.69) is 58.9 Å². The van der Waals surface area contributed by atoms with E-state index < -0.39 is 0 Å². The third-order valence-corrected chi connectivity index (χ3v) is 9.10. The zero-order valence-corrected chi connectivity index (χ0v) is 22.7. The molecule has 0 spiro atoms. The van der Waals surface area contributed by atoms with Crippen LogP contribution in [-0.2, 0) is 12.8 Å². The summed E-state index contributed by atoms with van der Waals surface area (Å²) in [5.41, 5.74) is 9.09. The number of hydrogen-bond acceptors (Lipinski definition) is 3. The van der Waals surface area contributed by atoms with Crippen LogP contribution in [-0.4, -0.2) is 58.9 Å². The van der Waals surface area contributed by atoms with Gasteiger partial charge in [-0.05, 0) is 86.4 Å². The number of H-pyrrole nitrogens is 1. The first kappa shape index (κ1) is 24.9. The van der Waals surface area contributed by atoms with Gasteiger partial charge in [0, 0.05) is 61.4 Å². The first-order valence-corrected chi connectivity index (χ1v) is 14.3. The van der Waals surface area contributed by atoms with Gasteiger partial charge >= 0.3 is 0 Å². The van der Waals surface area contributed by atoms with E-state index in [0.29, 0.717) is 11.8 Å². The molecule has 1 amide bonds. The number of nitrogens with zero attached hydrogens (tertiary/aromatic N) is 3. The van der Waals surface area contributed by atoms with Gasteiger partial charge in [0.15, 0.2) is 0 Å². The molecule has 2 fully saturated rings. The molecule has 5 heteroatoms. The molecule has 3 aromatic rings. The maximum absolute atomic E-state index is 13.8. The predicted molar refractivity (Wildman–Crippen MR) is 153 cm³/mol. The third-order valence-electron chi connectivity index (χ3n) is 9.10. The van der Waals surface area contributed by atoms with Crippen molar-refractivity contribution >= 4 is 5.91 Å². The van der Waals surface area contributed by atoms with E-state index in [-0.39, 0.29) is 5.91 Å². The number of carbonyl (C=O) groups is 1. The number of likely N-dealkylation sites (tertiary alicyclic amines) is 1. The molecule has 0 unspecified atom stereocenters. The first-order valence-electron chi connectivity index (χ1n) is 14.3. The van der Waals surface area contributed by atoms with Crippen LogP contribution in [0.2, 0.25) is 0 Å². The minimum atomic E-state index is 0.153. The number of carbonyl (C=O) groups excluding carboxylic acids is 1. The molecule has 6 rings (SSSR count). The Hall–Kier alpha value is -3.36. The predicted octanol–water partition coefficient (Wildman–Crippen LogP) is 5.68. The molecule has 1 saturated carbocycles. The van der Waals surface area contributed by atoms with Crippen LogP contribution < -0.4 is 0 Å². The molecule has 1 saturated heterocycles. The van der Waals surface area contributed by atoms with E-state index in [1.165, 1.54) is 41.8 Å². The molecule has 0 atom stereocenters. The van der Waals surface area contributed by atoms with E-state index in [0.717, 1.165) is 79.9 Å². The number of nitrogens with one attached hydrogen (secondary N) is 1. The minimum Gasteiger partial charge on any atom is -0.342 e. The van der Waals surface area contributed by atoms with Gasteiger partial charge in [0.05, 0.1) is 5.69 Å². The molecule has 1 aliphatic carbocycles. The lowest BCUT2D eigenvalue weighted by atomic mass is 9.77. The second-order valence-electron chi connectivity index (χ2n) is 11.5. The van der Waals surface area contributed by atoms with Gasteiger partial charge in [0.2, 0.25) is 0 Å². The van der Waals surface area contributed by atoms with E-state index in [1.54, 1.807) is 0 Å². The van der Waals surface area contributed by atoms with Crippen LogP contribution in [0.25, 0.3) is 11.4 Å². The van der Waals surface area contributed by atoms with Gasteiger partial charge in [0.25, 0.3) is 5.91 Å². The van der Waals surface area contributed by atoms with Gasteiger partial charge in [-0.25, -0.2) is 4.98 Å². The monoisotopic (exact) mass is 506 g/mol. The number of terminal acetylenes is 1. The van der Waals surface area contributed by atoms with Gasteiger partial charge < -0.3 is 14.8 Å². The Kier molecular flexibility index (Phi) is 6.84. The molecular formula is C33H38N4O. The zero-order valence-electron chi connectivity index (χ0n) is 22.7. The fourth-order valence-corrected chi connectivity index (χ4v) is 6.36. The summed E-state index contributed by atoms with van der Waals surface area (Å²) in [7, 11) is 2.18. The van der Waals surface area contributed by atoms with E-state index >= 15 is 0 Å². The van der Waals surface area contributed by atoms with Gasteiger partial charge in [-0.2, -0.15) is 0 Å². The number of amides is 1. The number of piperidine rings is 1. The fraction of sp³-hybridized carbons (Fsp3) is 0.455. The van der Waals surface area contributed by atoms with Gasteiger partial charge in [0.1, 0.15) is 5.82 Å². The van der Waals surface area contributed by atoms with Crippen molar-refractivity contribution < 1.29 is 4.79 Å². The average molecular weight is 507 g/mol. The van der Waals surface area contributed by atoms with Crippen LogP contribution in [0.5, 0.6) is 0 Å². The molecule has 2 aromatic carbocycles. The number of aromatic amines is 1. The van der Waals surface area contributed by atoms with Gasteiger partial charge in [-0.3, -0.25) is 4.79 Å². The molecule has 1 aromatic heterocycles. The quantitative estimate of drug-likeness (QED) is 0.463. The van der Waals surface area contributed by atoms with Gasteiger partial charge in [-0.15, -0.1) is 6.42 Å². The molecule has 3 aliphatic rings. The SMILES string of the molecule is C#Cc1ccc(C2CCN(C(=O)c3cc(-c4nc5c([nH]4)CCN(C)CC5)c(C4CCC4)cc3C)CC2)cc1. The highest BCUT2D eigenvalue weighted by molar-refractivity contribution is 5.97. The highest BCUT2D eigenvalue weighted by Gasteiger charge is 2.29. The van der Waals surface area contributed by atoms with Crippen molar-refractivity contribution in [1.82, 2.24) is 19.8 Å². The Morgan fingerprint density at radius 2 is 1.74 bits per heavy atom. The standard InChI is InChI=1S/C33H38N4O/c1-4-23-8-10-24(11-9-23)25-12-18-37(19-13-25)33(38)27-21-29(28(20-22(27)2)26-6-5-7-26)32-34-30-14-16-36(3)17-15-31(30)35-32/h1,8-11,20-21,25-26H,5-7,12-19H2,2-3H3,(H,34,35). The van der Waals surface area contributed by atoms with Crippen LogP contribution in [0, 0.1) is 19.3 Å². The Morgan fingerprint density at radius 1 is 1.00 bits per heavy atom. The van der Waals surface area contributed by atoms with Crippen molar-refractivity contribution in [2.75, 3.05) is 33.2 Å². The Morgan fingerprint density at radius 3 is 2.42 bits per heavy atom. The number of likely N-dealkylation sites (N-methyl/N-ethyl adjacent to an activating group) is 1. The maximum atomic E-state index is 13.8. The second kappa shape index (κ2) is 10.4. The van der Waals surface area contributed by atoms with E-state index in [4.69, 9.17) is 11.4 Å². The van der Waals surface area contributed by atoms with Crippen LogP contribution in [0.1, 0.15) is 87.9 Å². The zero-order chi connectivity index (χ0) is 26.2. The molecule has 0 radical (unpaired) electrons. The number of imidazole rings is 1. The molecule has 38 heavy (non-hydrogen) atoms. The summed E-state index contributed by atoms with van der Waals surface area (Å²) in [4.78, 5) is 27.0. The van der Waals surface area contributed by atoms with Crippen molar-refractivity contribution in [2.24, 2.45) is 0 Å². The van der Waals surface area contributed by atoms with Crippen LogP contribution in [0.3, 0.4) is 0 Å². The average Bonchev–Trinajstić information content (AvgIpc) is 3.24. The number of aromatic nitrogens is 2. The second-order valence-corrected chi connectivity index (χ2v) is 11.5. The minimum absolute atomic E-state index is 0.153. The molecule has 3 heterocycles. The summed E-state index contributed by atoms with van der Waals surface area (Å²) < 4.78 is 0. The first-order chi connectivity index (χ1) is 18.5. The lowest BCUT2D eigenvalue weighted by Crippen LogP contribution is -2.38. The summed E-state index contributed by atoms with van der Waals surface area (Å²) in [6.45, 7) is 5.75. The summed E-state index contributed by atoms with van der Waals surface area (Å²) in [6.07, 6.45) is 13.2. The Balaban J connectivity index is 1.25. The van der Waals surface area contributed by atoms with Crippen LogP contribution in [0.4, 0.5) is 0 Å². The number of hydrogen-bond donors (Lipinski definition) is 1. The van der Waals surface area contributed by atoms with Crippen molar-refractivity contribution in [1.29, 1.82) is 0 Å². The lowest BCUT2D eigenvalue weighted by Gasteiger charge is -2.33. The fourth-order valence-electron chi connectivity index (χ4n) is 6.36. The smallest absolute Gasteiger partial charge is 0.254 e. The third kappa shape index (κ3) is 4.78. The lowest BCUT2D eigenvalue weighted by molar-refractivity contribution is 0.0712. The Labute approximate surface area is 226 Å². The van der Waals surface area contributed by atoms with E-state index in [9.17, 15) is 4.79 Å². The molecule has 196 valence electrons. The van der Waals surface area contributed by atoms with Crippen molar-refractivity contribution in [3.8, 4) is 23.7 Å². The maximum Gasteiger partial charge on any atom is 0.254 e. The van der Waals surface area contributed by atoms with Crippen LogP contribution >= 0.6 is 0 Å². The molecule has 0 bridgehead atoms. The summed E-state index contributed by atoms with van der Waals surface area (Å²) in [5.74, 6) is 4.84. The van der Waals surface area contributed by atoms with Crippen molar-refractivity contribution in [3.63, 3.8) is 0 Å². The summed E-state index contributed by atoms with van der Waals surface area (Å²) in [6, 6.07) is 12.8. The normalized spacial score (nSPS) is 18.9. The molecule has 1 N–H and O–H groups in total. The number of rotatable bonds is 4. The largest absolute Gasteiger partial charge is 0.342 e. The molecular weight excluding hydrogens is 468 g/mol.